The minimum atomic E-state index is -0.992. The second-order valence-corrected chi connectivity index (χ2v) is 10.1. The van der Waals surface area contributed by atoms with Gasteiger partial charge in [-0.1, -0.05) is 53.0 Å². The van der Waals surface area contributed by atoms with Crippen LogP contribution in [0.15, 0.2) is 46.9 Å². The maximum absolute atomic E-state index is 14.1. The molecule has 2 amide bonds. The van der Waals surface area contributed by atoms with Crippen molar-refractivity contribution < 1.29 is 27.9 Å². The third-order valence-corrected chi connectivity index (χ3v) is 6.95. The summed E-state index contributed by atoms with van der Waals surface area (Å²) in [5, 5.41) is 2.79. The van der Waals surface area contributed by atoms with Gasteiger partial charge in [-0.15, -0.1) is 0 Å². The lowest BCUT2D eigenvalue weighted by Crippen LogP contribution is -2.44. The van der Waals surface area contributed by atoms with Crippen molar-refractivity contribution >= 4 is 33.7 Å². The van der Waals surface area contributed by atoms with Crippen LogP contribution in [0, 0.1) is 17.6 Å². The van der Waals surface area contributed by atoms with Gasteiger partial charge >= 0.3 is 5.97 Å². The summed E-state index contributed by atoms with van der Waals surface area (Å²) in [6.45, 7) is -0.00559. The van der Waals surface area contributed by atoms with E-state index in [0.717, 1.165) is 28.9 Å². The number of esters is 1. The van der Waals surface area contributed by atoms with E-state index in [1.54, 1.807) is 0 Å². The average Bonchev–Trinajstić information content (AvgIpc) is 3.59. The van der Waals surface area contributed by atoms with E-state index in [9.17, 15) is 23.2 Å². The molecule has 1 aliphatic heterocycles. The molecule has 4 rings (SSSR count). The van der Waals surface area contributed by atoms with Crippen molar-refractivity contribution in [3.8, 4) is 0 Å². The summed E-state index contributed by atoms with van der Waals surface area (Å²) in [6.07, 6.45) is 3.17. The van der Waals surface area contributed by atoms with Gasteiger partial charge in [-0.3, -0.25) is 9.59 Å². The molecule has 0 aromatic heterocycles. The SMILES string of the molecule is O=C(C[C@@H]1CCC(=O)N1Cc1cccc(F)c1F)N[C@@H](CC1CC1)C(=O)OCc1ccc(Br)cc1. The van der Waals surface area contributed by atoms with E-state index in [0.29, 0.717) is 18.8 Å². The molecule has 2 aromatic rings. The Kier molecular flexibility index (Phi) is 8.15. The lowest BCUT2D eigenvalue weighted by molar-refractivity contribution is -0.149. The van der Waals surface area contributed by atoms with Crippen molar-refractivity contribution in [2.24, 2.45) is 5.92 Å². The Labute approximate surface area is 211 Å². The molecule has 0 unspecified atom stereocenters. The van der Waals surface area contributed by atoms with Crippen LogP contribution in [0.1, 0.15) is 49.7 Å². The molecule has 1 saturated heterocycles. The lowest BCUT2D eigenvalue weighted by atomic mass is 10.1. The second kappa shape index (κ2) is 11.3. The van der Waals surface area contributed by atoms with Crippen molar-refractivity contribution in [1.82, 2.24) is 10.2 Å². The number of likely N-dealkylation sites (tertiary alicyclic amines) is 1. The highest BCUT2D eigenvalue weighted by Gasteiger charge is 2.35. The minimum Gasteiger partial charge on any atom is -0.459 e. The summed E-state index contributed by atoms with van der Waals surface area (Å²) in [4.78, 5) is 39.4. The maximum Gasteiger partial charge on any atom is 0.328 e. The Morgan fingerprint density at radius 1 is 1.11 bits per heavy atom. The van der Waals surface area contributed by atoms with Crippen molar-refractivity contribution in [1.29, 1.82) is 0 Å². The smallest absolute Gasteiger partial charge is 0.328 e. The Morgan fingerprint density at radius 2 is 1.86 bits per heavy atom. The zero-order valence-corrected chi connectivity index (χ0v) is 20.7. The number of nitrogens with zero attached hydrogens (tertiary/aromatic N) is 1. The average molecular weight is 549 g/mol. The maximum atomic E-state index is 14.1. The van der Waals surface area contributed by atoms with Gasteiger partial charge in [-0.2, -0.15) is 0 Å². The third kappa shape index (κ3) is 6.87. The summed E-state index contributed by atoms with van der Waals surface area (Å²) in [5.41, 5.74) is 0.900. The van der Waals surface area contributed by atoms with Gasteiger partial charge in [0.25, 0.3) is 0 Å². The predicted molar refractivity (Wildman–Crippen MR) is 128 cm³/mol. The van der Waals surface area contributed by atoms with Crippen molar-refractivity contribution in [3.63, 3.8) is 0 Å². The van der Waals surface area contributed by atoms with Gasteiger partial charge in [-0.25, -0.2) is 13.6 Å². The molecule has 2 fully saturated rings. The number of halogens is 3. The number of carbonyl (C=O) groups excluding carboxylic acids is 3. The highest BCUT2D eigenvalue weighted by atomic mass is 79.9. The second-order valence-electron chi connectivity index (χ2n) is 9.16. The fourth-order valence-electron chi connectivity index (χ4n) is 4.28. The van der Waals surface area contributed by atoms with Gasteiger partial charge in [0.05, 0.1) is 0 Å². The molecule has 1 heterocycles. The number of amides is 2. The molecule has 186 valence electrons. The van der Waals surface area contributed by atoms with Gasteiger partial charge in [0, 0.05) is 35.5 Å². The number of hydrogen-bond acceptors (Lipinski definition) is 4. The van der Waals surface area contributed by atoms with Gasteiger partial charge in [-0.05, 0) is 42.5 Å². The summed E-state index contributed by atoms with van der Waals surface area (Å²) >= 11 is 3.36. The van der Waals surface area contributed by atoms with E-state index >= 15 is 0 Å². The normalized spacial score (nSPS) is 18.4. The zero-order chi connectivity index (χ0) is 24.9. The highest BCUT2D eigenvalue weighted by Crippen LogP contribution is 2.34. The molecule has 0 spiro atoms. The molecule has 1 N–H and O–H groups in total. The molecular weight excluding hydrogens is 522 g/mol. The standard InChI is InChI=1S/C26H27BrF2N2O4/c27-19-8-6-17(7-9-19)15-35-26(34)22(12-16-4-5-16)30-23(32)13-20-10-11-24(33)31(20)14-18-2-1-3-21(28)25(18)29/h1-3,6-9,16,20,22H,4-5,10-15H2,(H,30,32)/t20-,22-/m0/s1. The van der Waals surface area contributed by atoms with Crippen LogP contribution in [-0.4, -0.2) is 34.8 Å². The lowest BCUT2D eigenvalue weighted by Gasteiger charge is -2.26. The van der Waals surface area contributed by atoms with E-state index < -0.39 is 29.7 Å². The third-order valence-electron chi connectivity index (χ3n) is 6.43. The quantitative estimate of drug-likeness (QED) is 0.439. The molecule has 2 aliphatic rings. The van der Waals surface area contributed by atoms with Crippen LogP contribution in [0.4, 0.5) is 8.78 Å². The Hall–Kier alpha value is -2.81. The van der Waals surface area contributed by atoms with E-state index in [1.807, 2.05) is 24.3 Å². The molecule has 35 heavy (non-hydrogen) atoms. The molecule has 9 heteroatoms. The molecule has 2 aromatic carbocycles. The van der Waals surface area contributed by atoms with E-state index in [2.05, 4.69) is 21.2 Å². The first kappa shape index (κ1) is 25.3. The van der Waals surface area contributed by atoms with Crippen molar-refractivity contribution in [2.75, 3.05) is 0 Å². The number of hydrogen-bond donors (Lipinski definition) is 1. The van der Waals surface area contributed by atoms with Crippen molar-refractivity contribution in [3.05, 3.63) is 69.7 Å². The number of nitrogens with one attached hydrogen (secondary N) is 1. The van der Waals surface area contributed by atoms with Gasteiger partial charge in [0.1, 0.15) is 12.6 Å². The van der Waals surface area contributed by atoms with Crippen LogP contribution >= 0.6 is 15.9 Å². The number of ether oxygens (including phenoxy) is 1. The number of rotatable bonds is 10. The molecule has 0 radical (unpaired) electrons. The van der Waals surface area contributed by atoms with Crippen LogP contribution < -0.4 is 5.32 Å². The summed E-state index contributed by atoms with van der Waals surface area (Å²) in [7, 11) is 0. The Balaban J connectivity index is 1.35. The fourth-order valence-corrected chi connectivity index (χ4v) is 4.55. The minimum absolute atomic E-state index is 0.0240. The molecule has 6 nitrogen and oxygen atoms in total. The van der Waals surface area contributed by atoms with Gasteiger partial charge in [0.15, 0.2) is 11.6 Å². The molecule has 1 saturated carbocycles. The summed E-state index contributed by atoms with van der Waals surface area (Å²) < 4.78 is 34.1. The number of benzene rings is 2. The monoisotopic (exact) mass is 548 g/mol. The van der Waals surface area contributed by atoms with Crippen LogP contribution in [0.25, 0.3) is 0 Å². The Morgan fingerprint density at radius 3 is 2.57 bits per heavy atom. The first-order valence-corrected chi connectivity index (χ1v) is 12.5. The fraction of sp³-hybridized carbons (Fsp3) is 0.423. The summed E-state index contributed by atoms with van der Waals surface area (Å²) in [5.74, 6) is -2.67. The molecule has 2 atom stereocenters. The van der Waals surface area contributed by atoms with Crippen LogP contribution in [0.5, 0.6) is 0 Å². The Bertz CT molecular complexity index is 1090. The van der Waals surface area contributed by atoms with E-state index in [4.69, 9.17) is 4.74 Å². The van der Waals surface area contributed by atoms with Crippen molar-refractivity contribution in [2.45, 2.75) is 63.8 Å². The van der Waals surface area contributed by atoms with Gasteiger partial charge < -0.3 is 15.0 Å². The summed E-state index contributed by atoms with van der Waals surface area (Å²) in [6, 6.07) is 10.0. The van der Waals surface area contributed by atoms with E-state index in [-0.39, 0.29) is 43.4 Å². The van der Waals surface area contributed by atoms with Crippen LogP contribution in [0.3, 0.4) is 0 Å². The first-order valence-electron chi connectivity index (χ1n) is 11.7. The molecular formula is C26H27BrF2N2O4. The molecule has 0 bridgehead atoms. The van der Waals surface area contributed by atoms with Crippen LogP contribution in [-0.2, 0) is 32.3 Å². The largest absolute Gasteiger partial charge is 0.459 e. The molecule has 1 aliphatic carbocycles. The highest BCUT2D eigenvalue weighted by molar-refractivity contribution is 9.10. The van der Waals surface area contributed by atoms with Gasteiger partial charge in [0.2, 0.25) is 11.8 Å². The van der Waals surface area contributed by atoms with Crippen LogP contribution in [0.2, 0.25) is 0 Å². The zero-order valence-electron chi connectivity index (χ0n) is 19.1. The predicted octanol–water partition coefficient (Wildman–Crippen LogP) is 4.64. The number of carbonyl (C=O) groups is 3. The van der Waals surface area contributed by atoms with E-state index in [1.165, 1.54) is 17.0 Å². The first-order chi connectivity index (χ1) is 16.8. The topological polar surface area (TPSA) is 75.7 Å².